The van der Waals surface area contributed by atoms with E-state index in [1.807, 2.05) is 6.92 Å². The van der Waals surface area contributed by atoms with Crippen LogP contribution in [0.3, 0.4) is 0 Å². The van der Waals surface area contributed by atoms with Crippen LogP contribution in [0.4, 0.5) is 20.2 Å². The summed E-state index contributed by atoms with van der Waals surface area (Å²) in [6.07, 6.45) is 3.23. The number of nitro groups is 1. The van der Waals surface area contributed by atoms with E-state index in [2.05, 4.69) is 9.82 Å². The van der Waals surface area contributed by atoms with Crippen LogP contribution in [0.1, 0.15) is 25.3 Å². The number of piperazine rings is 1. The van der Waals surface area contributed by atoms with E-state index in [9.17, 15) is 32.1 Å². The summed E-state index contributed by atoms with van der Waals surface area (Å²) >= 11 is 0. The predicted molar refractivity (Wildman–Crippen MR) is 152 cm³/mol. The predicted octanol–water partition coefficient (Wildman–Crippen LogP) is 2.76. The molecule has 0 atom stereocenters. The molecule has 2 heterocycles. The molecule has 13 nitrogen and oxygen atoms in total. The van der Waals surface area contributed by atoms with Gasteiger partial charge in [0.2, 0.25) is 5.75 Å². The highest BCUT2D eigenvalue weighted by molar-refractivity contribution is 7.87. The number of rotatable bonds is 11. The normalized spacial score (nSPS) is 16.6. The van der Waals surface area contributed by atoms with Crippen LogP contribution in [0, 0.1) is 27.2 Å². The van der Waals surface area contributed by atoms with Crippen molar-refractivity contribution in [3.8, 4) is 17.2 Å². The largest absolute Gasteiger partial charge is 0.496 e. The van der Waals surface area contributed by atoms with Crippen molar-refractivity contribution in [3.05, 3.63) is 80.3 Å². The smallest absolute Gasteiger partial charge is 0.316 e. The Labute approximate surface area is 246 Å². The molecule has 3 aromatic rings. The SMILES string of the molecule is COc1ccc([N+](=O)[O-])cc1CNS(=O)(=O)N1CCN(c2cnn(-c3cc(F)cc(F)c3)c(=O)c2OCC2(C)CC2)CC1. The van der Waals surface area contributed by atoms with Gasteiger partial charge >= 0.3 is 5.56 Å². The molecule has 1 aliphatic carbocycles. The lowest BCUT2D eigenvalue weighted by Crippen LogP contribution is -2.52. The van der Waals surface area contributed by atoms with Gasteiger partial charge in [0.1, 0.15) is 23.1 Å². The van der Waals surface area contributed by atoms with Crippen LogP contribution < -0.4 is 24.7 Å². The van der Waals surface area contributed by atoms with Gasteiger partial charge in [-0.15, -0.1) is 0 Å². The lowest BCUT2D eigenvalue weighted by Gasteiger charge is -2.35. The van der Waals surface area contributed by atoms with Crippen molar-refractivity contribution in [1.29, 1.82) is 0 Å². The first-order valence-corrected chi connectivity index (χ1v) is 14.9. The number of hydrogen-bond donors (Lipinski definition) is 1. The molecule has 1 aromatic heterocycles. The molecule has 43 heavy (non-hydrogen) atoms. The van der Waals surface area contributed by atoms with Gasteiger partial charge in [0.05, 0.1) is 30.5 Å². The molecule has 1 aliphatic heterocycles. The highest BCUT2D eigenvalue weighted by Crippen LogP contribution is 2.45. The van der Waals surface area contributed by atoms with Crippen molar-refractivity contribution >= 4 is 21.6 Å². The maximum Gasteiger partial charge on any atom is 0.316 e. The van der Waals surface area contributed by atoms with Gasteiger partial charge in [-0.05, 0) is 31.0 Å². The first kappa shape index (κ1) is 30.3. The van der Waals surface area contributed by atoms with Gasteiger partial charge in [0.25, 0.3) is 15.9 Å². The van der Waals surface area contributed by atoms with Crippen molar-refractivity contribution in [3.63, 3.8) is 0 Å². The molecule has 16 heteroatoms. The van der Waals surface area contributed by atoms with Crippen molar-refractivity contribution in [1.82, 2.24) is 18.8 Å². The van der Waals surface area contributed by atoms with Crippen molar-refractivity contribution in [2.75, 3.05) is 44.8 Å². The van der Waals surface area contributed by atoms with Crippen molar-refractivity contribution in [2.24, 2.45) is 5.41 Å². The lowest BCUT2D eigenvalue weighted by molar-refractivity contribution is -0.384. The molecule has 0 amide bonds. The summed E-state index contributed by atoms with van der Waals surface area (Å²) in [5, 5.41) is 15.3. The fourth-order valence-electron chi connectivity index (χ4n) is 4.69. The molecule has 2 aliphatic rings. The molecule has 1 N–H and O–H groups in total. The standard InChI is InChI=1S/C27H30F2N6O7S/c1-27(5-6-27)17-42-25-23(16-30-34(26(25)36)22-13-19(28)12-20(29)14-22)32-7-9-33(10-8-32)43(39,40)31-15-18-11-21(35(37)38)3-4-24(18)41-2/h3-4,11-14,16,31H,5-10,15,17H2,1-2H3. The van der Waals surface area contributed by atoms with E-state index in [0.29, 0.717) is 23.1 Å². The van der Waals surface area contributed by atoms with Crippen LogP contribution in [-0.2, 0) is 16.8 Å². The lowest BCUT2D eigenvalue weighted by atomic mass is 10.2. The summed E-state index contributed by atoms with van der Waals surface area (Å²) in [6, 6.07) is 6.58. The van der Waals surface area contributed by atoms with Crippen LogP contribution in [0.2, 0.25) is 0 Å². The fraction of sp³-hybridized carbons (Fsp3) is 0.407. The average molecular weight is 621 g/mol. The van der Waals surface area contributed by atoms with Gasteiger partial charge < -0.3 is 14.4 Å². The summed E-state index contributed by atoms with van der Waals surface area (Å²) in [5.74, 6) is -1.47. The number of aromatic nitrogens is 2. The van der Waals surface area contributed by atoms with E-state index in [4.69, 9.17) is 9.47 Å². The van der Waals surface area contributed by atoms with Gasteiger partial charge in [-0.25, -0.2) is 8.78 Å². The third-order valence-electron chi connectivity index (χ3n) is 7.51. The summed E-state index contributed by atoms with van der Waals surface area (Å²) in [6.45, 7) is 2.54. The molecule has 2 fully saturated rings. The average Bonchev–Trinajstić information content (AvgIpc) is 3.71. The minimum absolute atomic E-state index is 0.0417. The number of hydrogen-bond acceptors (Lipinski definition) is 9. The molecular formula is C27H30F2N6O7S. The zero-order valence-electron chi connectivity index (χ0n) is 23.5. The molecule has 2 aromatic carbocycles. The van der Waals surface area contributed by atoms with E-state index in [1.54, 1.807) is 4.90 Å². The molecule has 1 saturated carbocycles. The zero-order valence-corrected chi connectivity index (χ0v) is 24.3. The van der Waals surface area contributed by atoms with Crippen LogP contribution in [-0.4, -0.2) is 67.3 Å². The summed E-state index contributed by atoms with van der Waals surface area (Å²) in [4.78, 5) is 25.8. The Morgan fingerprint density at radius 3 is 2.37 bits per heavy atom. The number of methoxy groups -OCH3 is 1. The molecule has 0 spiro atoms. The van der Waals surface area contributed by atoms with Crippen LogP contribution in [0.15, 0.2) is 47.4 Å². The summed E-state index contributed by atoms with van der Waals surface area (Å²) in [5.41, 5.74) is -0.435. The Bertz CT molecular complexity index is 1690. The number of ether oxygens (including phenoxy) is 2. The molecule has 0 unspecified atom stereocenters. The Kier molecular flexibility index (Phi) is 8.36. The fourth-order valence-corrected chi connectivity index (χ4v) is 5.85. The number of benzene rings is 2. The number of nitrogens with zero attached hydrogens (tertiary/aromatic N) is 5. The summed E-state index contributed by atoms with van der Waals surface area (Å²) in [7, 11) is -2.61. The molecule has 5 rings (SSSR count). The molecule has 0 radical (unpaired) electrons. The van der Waals surface area contributed by atoms with Crippen LogP contribution >= 0.6 is 0 Å². The Morgan fingerprint density at radius 1 is 1.09 bits per heavy atom. The molecule has 230 valence electrons. The van der Waals surface area contributed by atoms with Crippen molar-refractivity contribution < 1.29 is 31.6 Å². The highest BCUT2D eigenvalue weighted by Gasteiger charge is 2.39. The molecule has 1 saturated heterocycles. The van der Waals surface area contributed by atoms with Gasteiger partial charge in [0, 0.05) is 61.9 Å². The molecule has 0 bridgehead atoms. The van der Waals surface area contributed by atoms with Crippen molar-refractivity contribution in [2.45, 2.75) is 26.3 Å². The highest BCUT2D eigenvalue weighted by atomic mass is 32.2. The minimum atomic E-state index is -3.99. The number of nitro benzene ring substituents is 1. The third-order valence-corrected chi connectivity index (χ3v) is 9.07. The number of nitrogens with one attached hydrogen (secondary N) is 1. The maximum absolute atomic E-state index is 13.9. The van der Waals surface area contributed by atoms with E-state index >= 15 is 0 Å². The topological polar surface area (TPSA) is 149 Å². The minimum Gasteiger partial charge on any atom is -0.496 e. The first-order valence-electron chi connectivity index (χ1n) is 13.4. The zero-order chi connectivity index (χ0) is 30.9. The number of halogens is 2. The second-order valence-corrected chi connectivity index (χ2v) is 12.5. The van der Waals surface area contributed by atoms with E-state index < -0.39 is 32.3 Å². The Balaban J connectivity index is 1.33. The van der Waals surface area contributed by atoms with Gasteiger partial charge in [-0.1, -0.05) is 6.92 Å². The second-order valence-electron chi connectivity index (χ2n) is 10.8. The van der Waals surface area contributed by atoms with E-state index in [-0.39, 0.29) is 61.9 Å². The number of non-ortho nitro benzene ring substituents is 1. The third kappa shape index (κ3) is 6.76. The quantitative estimate of drug-likeness (QED) is 0.252. The second kappa shape index (κ2) is 11.9. The Hall–Kier alpha value is -4.15. The maximum atomic E-state index is 13.9. The van der Waals surface area contributed by atoms with E-state index in [1.165, 1.54) is 35.8 Å². The van der Waals surface area contributed by atoms with Crippen LogP contribution in [0.25, 0.3) is 5.69 Å². The van der Waals surface area contributed by atoms with Crippen LogP contribution in [0.5, 0.6) is 11.5 Å². The van der Waals surface area contributed by atoms with Gasteiger partial charge in [-0.2, -0.15) is 27.2 Å². The van der Waals surface area contributed by atoms with Gasteiger partial charge in [0.15, 0.2) is 0 Å². The van der Waals surface area contributed by atoms with E-state index in [0.717, 1.165) is 29.7 Å². The molecular weight excluding hydrogens is 590 g/mol. The monoisotopic (exact) mass is 620 g/mol. The van der Waals surface area contributed by atoms with Gasteiger partial charge in [-0.3, -0.25) is 14.9 Å². The Morgan fingerprint density at radius 2 is 1.77 bits per heavy atom. The first-order chi connectivity index (χ1) is 20.4. The number of anilines is 1. The summed E-state index contributed by atoms with van der Waals surface area (Å²) < 4.78 is 69.7.